The lowest BCUT2D eigenvalue weighted by molar-refractivity contribution is -0.384. The SMILES string of the molecule is CC.Cc1cn(C)c2c(F)cc([N+](=O)[O-])cc12. The van der Waals surface area contributed by atoms with Crippen molar-refractivity contribution >= 4 is 16.6 Å². The molecule has 0 fully saturated rings. The van der Waals surface area contributed by atoms with E-state index in [2.05, 4.69) is 0 Å². The molecule has 4 nitrogen and oxygen atoms in total. The number of hydrogen-bond acceptors (Lipinski definition) is 2. The first kappa shape index (κ1) is 13.2. The third kappa shape index (κ3) is 2.27. The minimum Gasteiger partial charge on any atom is -0.348 e. The number of aryl methyl sites for hydroxylation is 2. The van der Waals surface area contributed by atoms with E-state index in [9.17, 15) is 14.5 Å². The zero-order valence-electron chi connectivity index (χ0n) is 10.3. The van der Waals surface area contributed by atoms with Gasteiger partial charge in [-0.3, -0.25) is 10.1 Å². The Hall–Kier alpha value is -1.91. The molecule has 0 N–H and O–H groups in total. The molecule has 0 aliphatic heterocycles. The maximum Gasteiger partial charge on any atom is 0.273 e. The predicted octanol–water partition coefficient (Wildman–Crippen LogP) is 3.56. The molecule has 0 atom stereocenters. The summed E-state index contributed by atoms with van der Waals surface area (Å²) in [4.78, 5) is 9.96. The van der Waals surface area contributed by atoms with Crippen LogP contribution in [-0.4, -0.2) is 9.49 Å². The third-order valence-corrected chi connectivity index (χ3v) is 2.42. The maximum atomic E-state index is 13.6. The molecule has 0 aliphatic rings. The third-order valence-electron chi connectivity index (χ3n) is 2.42. The highest BCUT2D eigenvalue weighted by Gasteiger charge is 2.15. The molecule has 92 valence electrons. The molecule has 0 saturated carbocycles. The van der Waals surface area contributed by atoms with Crippen molar-refractivity contribution in [2.75, 3.05) is 0 Å². The molecule has 0 bridgehead atoms. The zero-order valence-corrected chi connectivity index (χ0v) is 10.3. The molecular weight excluding hydrogens is 223 g/mol. The second-order valence-electron chi connectivity index (χ2n) is 3.50. The van der Waals surface area contributed by atoms with E-state index in [1.54, 1.807) is 24.7 Å². The summed E-state index contributed by atoms with van der Waals surface area (Å²) in [7, 11) is 1.71. The van der Waals surface area contributed by atoms with Crippen LogP contribution >= 0.6 is 0 Å². The van der Waals surface area contributed by atoms with Crippen LogP contribution in [0.3, 0.4) is 0 Å². The molecule has 2 aromatic rings. The summed E-state index contributed by atoms with van der Waals surface area (Å²) in [6, 6.07) is 2.34. The number of benzene rings is 1. The van der Waals surface area contributed by atoms with Crippen molar-refractivity contribution < 1.29 is 9.31 Å². The van der Waals surface area contributed by atoms with Crippen LogP contribution in [0.2, 0.25) is 0 Å². The fourth-order valence-corrected chi connectivity index (χ4v) is 1.77. The van der Waals surface area contributed by atoms with Crippen LogP contribution < -0.4 is 0 Å². The highest BCUT2D eigenvalue weighted by atomic mass is 19.1. The molecular formula is C12H15FN2O2. The number of aromatic nitrogens is 1. The average Bonchev–Trinajstić information content (AvgIpc) is 2.57. The van der Waals surface area contributed by atoms with Gasteiger partial charge in [-0.25, -0.2) is 4.39 Å². The summed E-state index contributed by atoms with van der Waals surface area (Å²) < 4.78 is 15.2. The van der Waals surface area contributed by atoms with Crippen molar-refractivity contribution in [3.05, 3.63) is 39.8 Å². The average molecular weight is 238 g/mol. The Morgan fingerprint density at radius 3 is 2.47 bits per heavy atom. The van der Waals surface area contributed by atoms with Gasteiger partial charge in [0.1, 0.15) is 0 Å². The van der Waals surface area contributed by atoms with Crippen molar-refractivity contribution in [2.24, 2.45) is 7.05 Å². The Morgan fingerprint density at radius 2 is 1.94 bits per heavy atom. The fourth-order valence-electron chi connectivity index (χ4n) is 1.77. The number of non-ortho nitro benzene ring substituents is 1. The van der Waals surface area contributed by atoms with Crippen LogP contribution in [0.15, 0.2) is 18.3 Å². The first-order valence-electron chi connectivity index (χ1n) is 5.40. The topological polar surface area (TPSA) is 48.1 Å². The molecule has 0 radical (unpaired) electrons. The minimum atomic E-state index is -0.588. The monoisotopic (exact) mass is 238 g/mol. The molecule has 5 heteroatoms. The summed E-state index contributed by atoms with van der Waals surface area (Å²) >= 11 is 0. The van der Waals surface area contributed by atoms with E-state index < -0.39 is 10.7 Å². The number of nitro benzene ring substituents is 1. The number of rotatable bonds is 1. The first-order valence-corrected chi connectivity index (χ1v) is 5.40. The summed E-state index contributed by atoms with van der Waals surface area (Å²) in [5, 5.41) is 11.1. The largest absolute Gasteiger partial charge is 0.348 e. The van der Waals surface area contributed by atoms with E-state index in [1.165, 1.54) is 6.07 Å². The molecule has 17 heavy (non-hydrogen) atoms. The van der Waals surface area contributed by atoms with Crippen LogP contribution in [0.1, 0.15) is 19.4 Å². The Labute approximate surface area is 98.8 Å². The minimum absolute atomic E-state index is 0.214. The standard InChI is InChI=1S/C10H9FN2O2.C2H6/c1-6-5-12(2)10-8(6)3-7(13(14)15)4-9(10)11;1-2/h3-5H,1-2H3;1-2H3. The van der Waals surface area contributed by atoms with Crippen LogP contribution in [0.5, 0.6) is 0 Å². The smallest absolute Gasteiger partial charge is 0.273 e. The molecule has 0 amide bonds. The van der Waals surface area contributed by atoms with E-state index >= 15 is 0 Å². The highest BCUT2D eigenvalue weighted by Crippen LogP contribution is 2.27. The van der Waals surface area contributed by atoms with Crippen molar-refractivity contribution in [3.63, 3.8) is 0 Å². The summed E-state index contributed by atoms with van der Waals surface area (Å²) in [5.74, 6) is -0.560. The van der Waals surface area contributed by atoms with E-state index in [4.69, 9.17) is 0 Å². The number of nitro groups is 1. The van der Waals surface area contributed by atoms with Crippen LogP contribution in [0.4, 0.5) is 10.1 Å². The van der Waals surface area contributed by atoms with Crippen LogP contribution in [0, 0.1) is 22.9 Å². The Balaban J connectivity index is 0.000000686. The fraction of sp³-hybridized carbons (Fsp3) is 0.333. The lowest BCUT2D eigenvalue weighted by Gasteiger charge is -1.98. The second kappa shape index (κ2) is 4.95. The normalized spacial score (nSPS) is 9.94. The van der Waals surface area contributed by atoms with E-state index in [-0.39, 0.29) is 5.69 Å². The van der Waals surface area contributed by atoms with Crippen LogP contribution in [-0.2, 0) is 7.05 Å². The highest BCUT2D eigenvalue weighted by molar-refractivity contribution is 5.86. The number of nitrogens with zero attached hydrogens (tertiary/aromatic N) is 2. The van der Waals surface area contributed by atoms with Gasteiger partial charge in [0.25, 0.3) is 5.69 Å². The van der Waals surface area contributed by atoms with Gasteiger partial charge < -0.3 is 4.57 Å². The molecule has 0 saturated heterocycles. The van der Waals surface area contributed by atoms with E-state index in [0.717, 1.165) is 11.6 Å². The van der Waals surface area contributed by atoms with Crippen LogP contribution in [0.25, 0.3) is 10.9 Å². The van der Waals surface area contributed by atoms with E-state index in [1.807, 2.05) is 13.8 Å². The Kier molecular flexibility index (Phi) is 3.83. The summed E-state index contributed by atoms with van der Waals surface area (Å²) in [6.07, 6.45) is 1.75. The van der Waals surface area contributed by atoms with Crippen molar-refractivity contribution in [2.45, 2.75) is 20.8 Å². The van der Waals surface area contributed by atoms with Gasteiger partial charge in [-0.15, -0.1) is 0 Å². The molecule has 1 aromatic heterocycles. The lowest BCUT2D eigenvalue weighted by Crippen LogP contribution is -1.92. The quantitative estimate of drug-likeness (QED) is 0.563. The lowest BCUT2D eigenvalue weighted by atomic mass is 10.1. The first-order chi connectivity index (χ1) is 8.00. The molecule has 0 spiro atoms. The number of hydrogen-bond donors (Lipinski definition) is 0. The predicted molar refractivity (Wildman–Crippen MR) is 65.6 cm³/mol. The molecule has 0 aliphatic carbocycles. The van der Waals surface area contributed by atoms with Crippen molar-refractivity contribution in [1.82, 2.24) is 4.57 Å². The molecule has 1 heterocycles. The summed E-state index contributed by atoms with van der Waals surface area (Å²) in [6.45, 7) is 5.80. The van der Waals surface area contributed by atoms with Gasteiger partial charge in [0, 0.05) is 24.7 Å². The molecule has 1 aromatic carbocycles. The second-order valence-corrected chi connectivity index (χ2v) is 3.50. The van der Waals surface area contributed by atoms with Gasteiger partial charge in [-0.2, -0.15) is 0 Å². The Morgan fingerprint density at radius 1 is 1.35 bits per heavy atom. The van der Waals surface area contributed by atoms with Gasteiger partial charge in [-0.1, -0.05) is 13.8 Å². The van der Waals surface area contributed by atoms with Crippen molar-refractivity contribution in [1.29, 1.82) is 0 Å². The van der Waals surface area contributed by atoms with Gasteiger partial charge in [0.05, 0.1) is 16.5 Å². The van der Waals surface area contributed by atoms with Gasteiger partial charge in [0.2, 0.25) is 0 Å². The number of halogens is 1. The maximum absolute atomic E-state index is 13.6. The van der Waals surface area contributed by atoms with Gasteiger partial charge in [-0.05, 0) is 12.5 Å². The van der Waals surface area contributed by atoms with Gasteiger partial charge in [0.15, 0.2) is 5.82 Å². The Bertz CT molecular complexity index is 561. The van der Waals surface area contributed by atoms with Gasteiger partial charge >= 0.3 is 0 Å². The number of fused-ring (bicyclic) bond motifs is 1. The molecule has 2 rings (SSSR count). The van der Waals surface area contributed by atoms with Crippen molar-refractivity contribution in [3.8, 4) is 0 Å². The summed E-state index contributed by atoms with van der Waals surface area (Å²) in [5.41, 5.74) is 1.02. The molecule has 0 unspecified atom stereocenters. The van der Waals surface area contributed by atoms with E-state index in [0.29, 0.717) is 10.9 Å². The zero-order chi connectivity index (χ0) is 13.2.